The first-order valence-electron chi connectivity index (χ1n) is 12.2. The van der Waals surface area contributed by atoms with Crippen molar-refractivity contribution in [3.63, 3.8) is 0 Å². The van der Waals surface area contributed by atoms with Crippen molar-refractivity contribution in [1.82, 2.24) is 4.90 Å². The SMILES string of the molecule is COc1cc(C=C2CCCN3C2=NOC3(CO)c2ccc(F)cc2)ccc1N1Cc2ccccc2C1. The molecule has 0 spiro atoms. The number of oxime groups is 1. The van der Waals surface area contributed by atoms with E-state index in [0.717, 1.165) is 48.5 Å². The van der Waals surface area contributed by atoms with Gasteiger partial charge >= 0.3 is 0 Å². The number of hydrogen-bond acceptors (Lipinski definition) is 6. The van der Waals surface area contributed by atoms with E-state index in [1.807, 2.05) is 4.90 Å². The molecule has 0 aliphatic carbocycles. The Labute approximate surface area is 209 Å². The highest BCUT2D eigenvalue weighted by atomic mass is 19.1. The summed E-state index contributed by atoms with van der Waals surface area (Å²) in [5.41, 5.74) is 5.33. The minimum atomic E-state index is -1.14. The lowest BCUT2D eigenvalue weighted by atomic mass is 9.94. The fraction of sp³-hybridized carbons (Fsp3) is 0.276. The second-order valence-corrected chi connectivity index (χ2v) is 9.44. The van der Waals surface area contributed by atoms with Crippen LogP contribution in [0.25, 0.3) is 6.08 Å². The average molecular weight is 486 g/mol. The average Bonchev–Trinajstić information content (AvgIpc) is 3.52. The van der Waals surface area contributed by atoms with E-state index in [1.54, 1.807) is 19.2 Å². The number of methoxy groups -OCH3 is 1. The van der Waals surface area contributed by atoms with Crippen molar-refractivity contribution >= 4 is 17.6 Å². The van der Waals surface area contributed by atoms with E-state index in [0.29, 0.717) is 17.9 Å². The highest BCUT2D eigenvalue weighted by Gasteiger charge is 2.49. The second kappa shape index (κ2) is 8.99. The predicted octanol–water partition coefficient (Wildman–Crippen LogP) is 5.02. The normalized spacial score (nSPS) is 21.8. The smallest absolute Gasteiger partial charge is 0.260 e. The molecule has 3 heterocycles. The Morgan fingerprint density at radius 1 is 1.08 bits per heavy atom. The fourth-order valence-corrected chi connectivity index (χ4v) is 5.46. The largest absolute Gasteiger partial charge is 0.495 e. The van der Waals surface area contributed by atoms with Crippen molar-refractivity contribution in [1.29, 1.82) is 0 Å². The standard InChI is InChI=1S/C29H28FN3O3/c1-35-27-16-20(8-13-26(27)32-17-22-5-2-3-6-23(22)18-32)15-21-7-4-14-33-28(21)31-36-29(33,19-34)24-9-11-25(30)12-10-24/h2-3,5-6,8-13,15-16,34H,4,7,14,17-19H2,1H3. The summed E-state index contributed by atoms with van der Waals surface area (Å²) in [6.07, 6.45) is 3.84. The lowest BCUT2D eigenvalue weighted by Gasteiger charge is -2.38. The number of piperidine rings is 1. The molecule has 7 heteroatoms. The molecule has 1 N–H and O–H groups in total. The molecule has 6 rings (SSSR count). The molecule has 1 atom stereocenters. The fourth-order valence-electron chi connectivity index (χ4n) is 5.46. The van der Waals surface area contributed by atoms with Crippen molar-refractivity contribution in [2.75, 3.05) is 25.2 Å². The van der Waals surface area contributed by atoms with Gasteiger partial charge in [-0.05, 0) is 77.6 Å². The molecular formula is C29H28FN3O3. The van der Waals surface area contributed by atoms with E-state index in [-0.39, 0.29) is 12.4 Å². The molecule has 0 aromatic heterocycles. The number of aliphatic hydroxyl groups excluding tert-OH is 1. The van der Waals surface area contributed by atoms with Crippen LogP contribution in [0.2, 0.25) is 0 Å². The highest BCUT2D eigenvalue weighted by Crippen LogP contribution is 2.41. The monoisotopic (exact) mass is 485 g/mol. The molecule has 184 valence electrons. The summed E-state index contributed by atoms with van der Waals surface area (Å²) in [5, 5.41) is 14.7. The van der Waals surface area contributed by atoms with E-state index in [1.165, 1.54) is 23.3 Å². The van der Waals surface area contributed by atoms with Gasteiger partial charge in [0.15, 0.2) is 5.84 Å². The summed E-state index contributed by atoms with van der Waals surface area (Å²) < 4.78 is 19.3. The van der Waals surface area contributed by atoms with Crippen molar-refractivity contribution < 1.29 is 19.1 Å². The number of amidine groups is 1. The molecule has 0 saturated carbocycles. The minimum Gasteiger partial charge on any atom is -0.495 e. The van der Waals surface area contributed by atoms with E-state index in [2.05, 4.69) is 58.6 Å². The number of benzene rings is 3. The number of aliphatic hydroxyl groups is 1. The van der Waals surface area contributed by atoms with Gasteiger partial charge in [0.2, 0.25) is 0 Å². The summed E-state index contributed by atoms with van der Waals surface area (Å²) in [6, 6.07) is 20.8. The molecule has 3 aromatic carbocycles. The van der Waals surface area contributed by atoms with Crippen LogP contribution in [0, 0.1) is 5.82 Å². The molecule has 0 bridgehead atoms. The van der Waals surface area contributed by atoms with Crippen LogP contribution in [0.15, 0.2) is 77.5 Å². The highest BCUT2D eigenvalue weighted by molar-refractivity contribution is 6.03. The van der Waals surface area contributed by atoms with Crippen LogP contribution in [0.1, 0.15) is 35.1 Å². The third kappa shape index (κ3) is 3.71. The maximum atomic E-state index is 13.5. The summed E-state index contributed by atoms with van der Waals surface area (Å²) >= 11 is 0. The van der Waals surface area contributed by atoms with Gasteiger partial charge in [0.05, 0.1) is 12.8 Å². The van der Waals surface area contributed by atoms with Crippen LogP contribution >= 0.6 is 0 Å². The van der Waals surface area contributed by atoms with Gasteiger partial charge in [0.25, 0.3) is 5.72 Å². The topological polar surface area (TPSA) is 57.5 Å². The molecular weight excluding hydrogens is 457 g/mol. The van der Waals surface area contributed by atoms with Gasteiger partial charge in [-0.15, -0.1) is 0 Å². The third-order valence-electron chi connectivity index (χ3n) is 7.33. The van der Waals surface area contributed by atoms with Crippen molar-refractivity contribution in [3.05, 3.63) is 100 Å². The molecule has 1 unspecified atom stereocenters. The Morgan fingerprint density at radius 3 is 2.53 bits per heavy atom. The van der Waals surface area contributed by atoms with Gasteiger partial charge in [0, 0.05) is 25.2 Å². The zero-order chi connectivity index (χ0) is 24.7. The Hall–Kier alpha value is -3.84. The quantitative estimate of drug-likeness (QED) is 0.550. The van der Waals surface area contributed by atoms with Gasteiger partial charge in [-0.3, -0.25) is 0 Å². The maximum absolute atomic E-state index is 13.5. The number of halogens is 1. The second-order valence-electron chi connectivity index (χ2n) is 9.44. The zero-order valence-electron chi connectivity index (χ0n) is 20.2. The van der Waals surface area contributed by atoms with E-state index >= 15 is 0 Å². The number of anilines is 1. The Balaban J connectivity index is 1.28. The van der Waals surface area contributed by atoms with E-state index < -0.39 is 5.72 Å². The van der Waals surface area contributed by atoms with Gasteiger partial charge in [-0.1, -0.05) is 35.5 Å². The Kier molecular flexibility index (Phi) is 5.64. The molecule has 6 nitrogen and oxygen atoms in total. The number of ether oxygens (including phenoxy) is 1. The van der Waals surface area contributed by atoms with Crippen LogP contribution in [-0.4, -0.2) is 36.1 Å². The van der Waals surface area contributed by atoms with Crippen LogP contribution in [0.5, 0.6) is 5.75 Å². The summed E-state index contributed by atoms with van der Waals surface area (Å²) in [6.45, 7) is 2.12. The molecule has 36 heavy (non-hydrogen) atoms. The number of hydrogen-bond donors (Lipinski definition) is 1. The Bertz CT molecular complexity index is 1330. The number of fused-ring (bicyclic) bond motifs is 2. The van der Waals surface area contributed by atoms with Crippen LogP contribution in [0.4, 0.5) is 10.1 Å². The molecule has 1 saturated heterocycles. The molecule has 3 aliphatic heterocycles. The number of nitrogens with zero attached hydrogens (tertiary/aromatic N) is 3. The van der Waals surface area contributed by atoms with Crippen LogP contribution in [0.3, 0.4) is 0 Å². The lowest BCUT2D eigenvalue weighted by Crippen LogP contribution is -2.51. The van der Waals surface area contributed by atoms with Crippen molar-refractivity contribution in [3.8, 4) is 5.75 Å². The zero-order valence-corrected chi connectivity index (χ0v) is 20.2. The van der Waals surface area contributed by atoms with Gasteiger partial charge in [-0.2, -0.15) is 0 Å². The van der Waals surface area contributed by atoms with Gasteiger partial charge in [0.1, 0.15) is 18.2 Å². The van der Waals surface area contributed by atoms with Gasteiger partial charge in [-0.25, -0.2) is 4.39 Å². The molecule has 3 aliphatic rings. The van der Waals surface area contributed by atoms with Gasteiger partial charge < -0.3 is 24.5 Å². The Morgan fingerprint density at radius 2 is 1.83 bits per heavy atom. The van der Waals surface area contributed by atoms with Crippen LogP contribution < -0.4 is 9.64 Å². The van der Waals surface area contributed by atoms with E-state index in [4.69, 9.17) is 9.57 Å². The molecule has 0 radical (unpaired) electrons. The van der Waals surface area contributed by atoms with Crippen LogP contribution in [-0.2, 0) is 23.7 Å². The predicted molar refractivity (Wildman–Crippen MR) is 137 cm³/mol. The summed E-state index contributed by atoms with van der Waals surface area (Å²) in [7, 11) is 1.70. The first-order valence-corrected chi connectivity index (χ1v) is 12.2. The minimum absolute atomic E-state index is 0.292. The number of rotatable bonds is 5. The summed E-state index contributed by atoms with van der Waals surface area (Å²) in [5.74, 6) is 1.20. The third-order valence-corrected chi connectivity index (χ3v) is 7.33. The lowest BCUT2D eigenvalue weighted by molar-refractivity contribution is -0.137. The molecule has 3 aromatic rings. The van der Waals surface area contributed by atoms with Crippen molar-refractivity contribution in [2.24, 2.45) is 5.16 Å². The first-order chi connectivity index (χ1) is 17.6. The summed E-state index contributed by atoms with van der Waals surface area (Å²) in [4.78, 5) is 10.2. The first kappa shape index (κ1) is 22.6. The maximum Gasteiger partial charge on any atom is 0.260 e. The molecule has 0 amide bonds. The molecule has 1 fully saturated rings. The van der Waals surface area contributed by atoms with Crippen molar-refractivity contribution in [2.45, 2.75) is 31.7 Å². The van der Waals surface area contributed by atoms with E-state index in [9.17, 15) is 9.50 Å².